The molecule has 41 heavy (non-hydrogen) atoms. The first-order valence-electron chi connectivity index (χ1n) is 13.6. The summed E-state index contributed by atoms with van der Waals surface area (Å²) < 4.78 is 24.0. The number of aliphatic carboxylic acids is 1. The second-order valence-electron chi connectivity index (χ2n) is 10.2. The summed E-state index contributed by atoms with van der Waals surface area (Å²) >= 11 is 0. The number of hydrogen-bond donors (Lipinski definition) is 3. The number of nitrogens with one attached hydrogen (secondary N) is 2. The molecule has 0 saturated carbocycles. The predicted molar refractivity (Wildman–Crippen MR) is 159 cm³/mol. The number of carboxylic acid groups (broad SMARTS) is 1. The van der Waals surface area contributed by atoms with E-state index < -0.39 is 21.7 Å². The lowest BCUT2D eigenvalue weighted by molar-refractivity contribution is -0.136. The van der Waals surface area contributed by atoms with Crippen LogP contribution in [-0.2, 0) is 25.8 Å². The van der Waals surface area contributed by atoms with E-state index in [0.717, 1.165) is 35.8 Å². The third-order valence-electron chi connectivity index (χ3n) is 7.10. The molecule has 0 bridgehead atoms. The zero-order valence-corrected chi connectivity index (χ0v) is 23.7. The SMILES string of the molecule is CS(=O)(=O)c1cccc(NC(=O)C(Cc2ccc(C(=O)NCCC(=O)O)cc2)c2ccc(C3=CCCCC3)cc2)c1. The molecular weight excluding hydrogens is 540 g/mol. The molecule has 0 saturated heterocycles. The molecule has 0 heterocycles. The van der Waals surface area contributed by atoms with Gasteiger partial charge in [0, 0.05) is 24.1 Å². The summed E-state index contributed by atoms with van der Waals surface area (Å²) in [6.07, 6.45) is 8.06. The minimum Gasteiger partial charge on any atom is -0.481 e. The lowest BCUT2D eigenvalue weighted by Crippen LogP contribution is -2.26. The summed E-state index contributed by atoms with van der Waals surface area (Å²) in [6, 6.07) is 21.0. The van der Waals surface area contributed by atoms with E-state index >= 15 is 0 Å². The first kappa shape index (κ1) is 29.7. The minimum atomic E-state index is -3.44. The highest BCUT2D eigenvalue weighted by Gasteiger charge is 2.23. The van der Waals surface area contributed by atoms with Gasteiger partial charge in [0.05, 0.1) is 17.2 Å². The van der Waals surface area contributed by atoms with Gasteiger partial charge in [0.15, 0.2) is 9.84 Å². The van der Waals surface area contributed by atoms with Gasteiger partial charge in [-0.05, 0) is 84.7 Å². The maximum Gasteiger partial charge on any atom is 0.305 e. The summed E-state index contributed by atoms with van der Waals surface area (Å²) in [7, 11) is -3.44. The van der Waals surface area contributed by atoms with Gasteiger partial charge < -0.3 is 15.7 Å². The molecule has 8 nitrogen and oxygen atoms in total. The van der Waals surface area contributed by atoms with Crippen molar-refractivity contribution in [3.8, 4) is 0 Å². The van der Waals surface area contributed by atoms with Crippen molar-refractivity contribution in [3.05, 3.63) is 101 Å². The Morgan fingerprint density at radius 3 is 2.32 bits per heavy atom. The molecule has 2 amide bonds. The average Bonchev–Trinajstić information content (AvgIpc) is 2.96. The Morgan fingerprint density at radius 1 is 0.951 bits per heavy atom. The third-order valence-corrected chi connectivity index (χ3v) is 8.21. The molecule has 0 aliphatic heterocycles. The van der Waals surface area contributed by atoms with Crippen LogP contribution in [0.2, 0.25) is 0 Å². The van der Waals surface area contributed by atoms with E-state index in [1.165, 1.54) is 30.5 Å². The zero-order chi connectivity index (χ0) is 29.4. The molecule has 0 radical (unpaired) electrons. The second-order valence-corrected chi connectivity index (χ2v) is 12.3. The van der Waals surface area contributed by atoms with Crippen LogP contribution in [0, 0.1) is 0 Å². The fraction of sp³-hybridized carbons (Fsp3) is 0.281. The summed E-state index contributed by atoms with van der Waals surface area (Å²) in [5, 5.41) is 14.2. The van der Waals surface area contributed by atoms with Gasteiger partial charge in [-0.2, -0.15) is 0 Å². The van der Waals surface area contributed by atoms with E-state index in [1.807, 2.05) is 24.3 Å². The van der Waals surface area contributed by atoms with Crippen molar-refractivity contribution in [1.29, 1.82) is 0 Å². The summed E-state index contributed by atoms with van der Waals surface area (Å²) in [4.78, 5) is 36.8. The lowest BCUT2D eigenvalue weighted by Gasteiger charge is -2.19. The normalized spacial score (nSPS) is 14.0. The summed E-state index contributed by atoms with van der Waals surface area (Å²) in [6.45, 7) is 0.0333. The van der Waals surface area contributed by atoms with Crippen LogP contribution >= 0.6 is 0 Å². The summed E-state index contributed by atoms with van der Waals surface area (Å²) in [5.41, 5.74) is 4.89. The van der Waals surface area contributed by atoms with Gasteiger partial charge in [0.25, 0.3) is 5.91 Å². The first-order chi connectivity index (χ1) is 19.6. The van der Waals surface area contributed by atoms with Crippen molar-refractivity contribution >= 4 is 38.9 Å². The molecule has 4 rings (SSSR count). The number of sulfone groups is 1. The lowest BCUT2D eigenvalue weighted by atomic mass is 9.88. The van der Waals surface area contributed by atoms with Gasteiger partial charge >= 0.3 is 5.97 Å². The van der Waals surface area contributed by atoms with Crippen LogP contribution < -0.4 is 10.6 Å². The number of amides is 2. The standard InChI is InChI=1S/C32H34N2O6S/c1-41(39,40)28-9-5-8-27(21-28)34-32(38)29(25-16-14-24(15-17-25)23-6-3-2-4-7-23)20-22-10-12-26(13-11-22)31(37)33-19-18-30(35)36/h5-6,8-17,21,29H,2-4,7,18-20H2,1H3,(H,33,37)(H,34,38)(H,35,36). The Hall–Kier alpha value is -4.24. The number of benzene rings is 3. The van der Waals surface area contributed by atoms with Crippen LogP contribution in [0.1, 0.15) is 65.1 Å². The van der Waals surface area contributed by atoms with Crippen molar-refractivity contribution < 1.29 is 27.9 Å². The van der Waals surface area contributed by atoms with Crippen molar-refractivity contribution in [2.45, 2.75) is 49.3 Å². The van der Waals surface area contributed by atoms with Gasteiger partial charge in [-0.3, -0.25) is 14.4 Å². The summed E-state index contributed by atoms with van der Waals surface area (Å²) in [5.74, 6) is -2.22. The average molecular weight is 575 g/mol. The van der Waals surface area contributed by atoms with Crippen LogP contribution in [0.15, 0.2) is 83.8 Å². The number of carbonyl (C=O) groups is 3. The Morgan fingerprint density at radius 2 is 1.68 bits per heavy atom. The van der Waals surface area contributed by atoms with Crippen molar-refractivity contribution in [2.24, 2.45) is 0 Å². The number of carboxylic acids is 1. The third kappa shape index (κ3) is 8.38. The van der Waals surface area contributed by atoms with Gasteiger partial charge in [0.1, 0.15) is 0 Å². The largest absolute Gasteiger partial charge is 0.481 e. The molecule has 9 heteroatoms. The van der Waals surface area contributed by atoms with Crippen LogP contribution in [0.5, 0.6) is 0 Å². The van der Waals surface area contributed by atoms with E-state index in [9.17, 15) is 22.8 Å². The molecule has 1 aliphatic rings. The van der Waals surface area contributed by atoms with Gasteiger partial charge in [-0.15, -0.1) is 0 Å². The molecule has 0 fully saturated rings. The van der Waals surface area contributed by atoms with E-state index in [1.54, 1.807) is 36.4 Å². The number of allylic oxidation sites excluding steroid dienone is 2. The molecule has 1 aliphatic carbocycles. The first-order valence-corrected chi connectivity index (χ1v) is 15.5. The van der Waals surface area contributed by atoms with E-state index in [0.29, 0.717) is 17.7 Å². The van der Waals surface area contributed by atoms with Crippen molar-refractivity contribution in [3.63, 3.8) is 0 Å². The van der Waals surface area contributed by atoms with Gasteiger partial charge in [-0.25, -0.2) is 8.42 Å². The van der Waals surface area contributed by atoms with Gasteiger partial charge in [-0.1, -0.05) is 48.5 Å². The van der Waals surface area contributed by atoms with Crippen molar-refractivity contribution in [2.75, 3.05) is 18.1 Å². The number of anilines is 1. The van der Waals surface area contributed by atoms with Crippen LogP contribution in [-0.4, -0.2) is 44.1 Å². The monoisotopic (exact) mass is 574 g/mol. The second kappa shape index (κ2) is 13.4. The number of hydrogen-bond acceptors (Lipinski definition) is 5. The molecule has 0 aromatic heterocycles. The topological polar surface area (TPSA) is 130 Å². The Bertz CT molecular complexity index is 1540. The highest BCUT2D eigenvalue weighted by atomic mass is 32.2. The van der Waals surface area contributed by atoms with E-state index in [-0.39, 0.29) is 29.7 Å². The molecule has 1 unspecified atom stereocenters. The van der Waals surface area contributed by atoms with Crippen LogP contribution in [0.3, 0.4) is 0 Å². The zero-order valence-electron chi connectivity index (χ0n) is 22.9. The molecule has 214 valence electrons. The highest BCUT2D eigenvalue weighted by molar-refractivity contribution is 7.90. The molecule has 3 aromatic rings. The Balaban J connectivity index is 1.56. The fourth-order valence-electron chi connectivity index (χ4n) is 4.84. The molecule has 0 spiro atoms. The fourth-order valence-corrected chi connectivity index (χ4v) is 5.51. The van der Waals surface area contributed by atoms with Crippen LogP contribution in [0.4, 0.5) is 5.69 Å². The van der Waals surface area contributed by atoms with Gasteiger partial charge in [0.2, 0.25) is 5.91 Å². The number of carbonyl (C=O) groups excluding carboxylic acids is 2. The molecular formula is C32H34N2O6S. The predicted octanol–water partition coefficient (Wildman–Crippen LogP) is 5.22. The smallest absolute Gasteiger partial charge is 0.305 e. The minimum absolute atomic E-state index is 0.0333. The molecule has 1 atom stereocenters. The van der Waals surface area contributed by atoms with Crippen LogP contribution in [0.25, 0.3) is 5.57 Å². The molecule has 3 aromatic carbocycles. The Kier molecular flexibility index (Phi) is 9.73. The van der Waals surface area contributed by atoms with E-state index in [4.69, 9.17) is 5.11 Å². The molecule has 3 N–H and O–H groups in total. The maximum absolute atomic E-state index is 13.6. The number of rotatable bonds is 11. The highest BCUT2D eigenvalue weighted by Crippen LogP contribution is 2.30. The Labute approximate surface area is 240 Å². The quantitative estimate of drug-likeness (QED) is 0.288. The van der Waals surface area contributed by atoms with Crippen molar-refractivity contribution in [1.82, 2.24) is 5.32 Å². The maximum atomic E-state index is 13.6. The van der Waals surface area contributed by atoms with E-state index in [2.05, 4.69) is 16.7 Å².